The summed E-state index contributed by atoms with van der Waals surface area (Å²) < 4.78 is 4.78. The molecule has 632 valence electrons. The van der Waals surface area contributed by atoms with Gasteiger partial charge in [-0.15, -0.1) is 0 Å². The van der Waals surface area contributed by atoms with Gasteiger partial charge in [0, 0.05) is 88.5 Å². The van der Waals surface area contributed by atoms with Crippen LogP contribution in [0.5, 0.6) is 0 Å². The van der Waals surface area contributed by atoms with E-state index in [0.29, 0.717) is 0 Å². The Hall–Kier alpha value is -16.8. The van der Waals surface area contributed by atoms with E-state index in [2.05, 4.69) is 503 Å². The molecule has 0 aliphatic carbocycles. The summed E-state index contributed by atoms with van der Waals surface area (Å²) in [5.74, 6) is 0. The standard InChI is InChI=1S/C72H51N3.C36H23Cl2N.C18H15N/c1-6-16-52(17-7-1)55-26-38-64(39-27-55)73(62-22-12-4-13-23-62)66-42-32-58(33-43-66)60-36-48-71-69(50-60)70-51-61(37-49-72(70)75(71)68-46-30-57(31-47-68)54-20-10-3-11-21-54)59-34-44-67(45-35-59)74(63-24-14-5-15-25-63)65-40-28-56(29-41-65)53-18-8-2-9-19-53;37-30-14-6-26(7-15-30)28-12-20-35-33(22-28)34-23-29(27-8-16-31(38)17-9-27)13-21-36(34)39(35)32-18-10-25(11-19-32)24-4-2-1-3-5-24;1-3-7-15(8-4-1)16-11-13-18(14-12-16)19-17-9-5-2-6-10-17/h1-51H;1-23H;1-14,19H. The molecule has 2 aromatic heterocycles. The first-order chi connectivity index (χ1) is 65.7. The van der Waals surface area contributed by atoms with Gasteiger partial charge in [0.1, 0.15) is 0 Å². The van der Waals surface area contributed by atoms with Gasteiger partial charge in [0.2, 0.25) is 0 Å². The lowest BCUT2D eigenvalue weighted by atomic mass is 9.99. The molecule has 2 heterocycles. The van der Waals surface area contributed by atoms with Gasteiger partial charge in [0.25, 0.3) is 0 Å². The van der Waals surface area contributed by atoms with Crippen LogP contribution in [-0.2, 0) is 0 Å². The molecule has 0 aliphatic rings. The second-order valence-electron chi connectivity index (χ2n) is 33.1. The number of para-hydroxylation sites is 3. The van der Waals surface area contributed by atoms with Crippen LogP contribution >= 0.6 is 23.2 Å². The lowest BCUT2D eigenvalue weighted by Crippen LogP contribution is -2.09. The van der Waals surface area contributed by atoms with Gasteiger partial charge >= 0.3 is 0 Å². The Labute approximate surface area is 786 Å². The number of aromatic nitrogens is 2. The number of fused-ring (bicyclic) bond motifs is 6. The van der Waals surface area contributed by atoms with E-state index in [0.717, 1.165) is 111 Å². The molecule has 7 heteroatoms. The first kappa shape index (κ1) is 83.1. The van der Waals surface area contributed by atoms with Gasteiger partial charge < -0.3 is 24.3 Å². The highest BCUT2D eigenvalue weighted by atomic mass is 35.5. The van der Waals surface area contributed by atoms with Crippen LogP contribution in [-0.4, -0.2) is 9.13 Å². The Morgan fingerprint density at radius 3 is 0.571 bits per heavy atom. The monoisotopic (exact) mass is 1740 g/mol. The van der Waals surface area contributed by atoms with Crippen molar-refractivity contribution in [1.29, 1.82) is 0 Å². The second kappa shape index (κ2) is 38.2. The van der Waals surface area contributed by atoms with E-state index in [-0.39, 0.29) is 0 Å². The SMILES string of the molecule is Clc1ccc(-c2ccc3c(c2)c2cc(-c4ccc(Cl)cc4)ccc2n3-c2ccc(-c3ccccc3)cc2)cc1.c1ccc(-c2ccc(N(c3ccccc3)c3ccc(-c4ccc5c(c4)c4cc(-c6ccc(N(c7ccccc7)c7ccc(-c8ccccc8)cc7)cc6)ccc4n5-c4ccc(-c5ccccc5)cc4)cc3)cc2)cc1.c1ccc(Nc2ccc(-c3ccccc3)cc2)cc1. The van der Waals surface area contributed by atoms with Gasteiger partial charge in [-0.1, -0.05) is 363 Å². The highest BCUT2D eigenvalue weighted by Gasteiger charge is 2.21. The number of anilines is 8. The third-order valence-electron chi connectivity index (χ3n) is 24.8. The molecule has 0 saturated carbocycles. The number of rotatable bonds is 19. The van der Waals surface area contributed by atoms with Crippen LogP contribution in [0, 0.1) is 0 Å². The van der Waals surface area contributed by atoms with Crippen LogP contribution < -0.4 is 15.1 Å². The maximum Gasteiger partial charge on any atom is 0.0541 e. The molecule has 23 rings (SSSR count). The minimum atomic E-state index is 0.739. The van der Waals surface area contributed by atoms with Gasteiger partial charge in [-0.2, -0.15) is 0 Å². The molecule has 0 bridgehead atoms. The van der Waals surface area contributed by atoms with E-state index in [1.165, 1.54) is 99.3 Å². The first-order valence-electron chi connectivity index (χ1n) is 44.9. The predicted octanol–water partition coefficient (Wildman–Crippen LogP) is 36.2. The molecule has 21 aromatic carbocycles. The normalized spacial score (nSPS) is 11.1. The zero-order chi connectivity index (χ0) is 89.2. The summed E-state index contributed by atoms with van der Waals surface area (Å²) in [6.45, 7) is 0. The predicted molar refractivity (Wildman–Crippen MR) is 566 cm³/mol. The minimum Gasteiger partial charge on any atom is -0.356 e. The minimum absolute atomic E-state index is 0.739. The molecule has 0 aliphatic heterocycles. The van der Waals surface area contributed by atoms with E-state index in [9.17, 15) is 0 Å². The molecular formula is C126H89Cl2N5. The molecule has 0 fully saturated rings. The van der Waals surface area contributed by atoms with E-state index in [1.54, 1.807) is 0 Å². The highest BCUT2D eigenvalue weighted by Crippen LogP contribution is 2.45. The third kappa shape index (κ3) is 18.1. The van der Waals surface area contributed by atoms with Crippen molar-refractivity contribution in [3.63, 3.8) is 0 Å². The lowest BCUT2D eigenvalue weighted by molar-refractivity contribution is 1.18. The molecule has 133 heavy (non-hydrogen) atoms. The molecule has 0 spiro atoms. The molecule has 0 atom stereocenters. The summed E-state index contributed by atoms with van der Waals surface area (Å²) in [7, 11) is 0. The summed E-state index contributed by atoms with van der Waals surface area (Å²) >= 11 is 12.3. The van der Waals surface area contributed by atoms with Crippen LogP contribution in [0.3, 0.4) is 0 Å². The van der Waals surface area contributed by atoms with Crippen molar-refractivity contribution >= 4 is 112 Å². The molecule has 0 amide bonds. The second-order valence-corrected chi connectivity index (χ2v) is 34.0. The average molecular weight is 1740 g/mol. The fourth-order valence-corrected chi connectivity index (χ4v) is 18.3. The Morgan fingerprint density at radius 2 is 0.323 bits per heavy atom. The van der Waals surface area contributed by atoms with Crippen molar-refractivity contribution in [2.75, 3.05) is 15.1 Å². The van der Waals surface area contributed by atoms with Crippen molar-refractivity contribution in [3.8, 4) is 112 Å². The third-order valence-corrected chi connectivity index (χ3v) is 25.3. The topological polar surface area (TPSA) is 28.4 Å². The number of halogens is 2. The number of nitrogens with one attached hydrogen (secondary N) is 1. The molecule has 1 N–H and O–H groups in total. The Kier molecular flexibility index (Phi) is 23.9. The number of hydrogen-bond acceptors (Lipinski definition) is 3. The zero-order valence-corrected chi connectivity index (χ0v) is 74.4. The highest BCUT2D eigenvalue weighted by molar-refractivity contribution is 6.31. The number of hydrogen-bond donors (Lipinski definition) is 1. The smallest absolute Gasteiger partial charge is 0.0541 e. The lowest BCUT2D eigenvalue weighted by Gasteiger charge is -2.26. The zero-order valence-electron chi connectivity index (χ0n) is 72.9. The van der Waals surface area contributed by atoms with Crippen LogP contribution in [0.4, 0.5) is 45.5 Å². The Balaban J connectivity index is 0.000000150. The summed E-state index contributed by atoms with van der Waals surface area (Å²) in [6, 6.07) is 189. The summed E-state index contributed by atoms with van der Waals surface area (Å²) in [6.07, 6.45) is 0. The first-order valence-corrected chi connectivity index (χ1v) is 45.7. The molecule has 0 radical (unpaired) electrons. The van der Waals surface area contributed by atoms with Crippen LogP contribution in [0.25, 0.3) is 155 Å². The van der Waals surface area contributed by atoms with Gasteiger partial charge in [0.05, 0.1) is 22.1 Å². The summed E-state index contributed by atoms with van der Waals surface area (Å²) in [4.78, 5) is 4.66. The van der Waals surface area contributed by atoms with Crippen molar-refractivity contribution < 1.29 is 0 Å². The Morgan fingerprint density at radius 1 is 0.150 bits per heavy atom. The Bertz CT molecular complexity index is 7560. The van der Waals surface area contributed by atoms with Gasteiger partial charge in [0.15, 0.2) is 0 Å². The largest absolute Gasteiger partial charge is 0.356 e. The van der Waals surface area contributed by atoms with Crippen molar-refractivity contribution in [3.05, 3.63) is 544 Å². The van der Waals surface area contributed by atoms with E-state index >= 15 is 0 Å². The maximum atomic E-state index is 6.17. The summed E-state index contributed by atoms with van der Waals surface area (Å²) in [5, 5.41) is 9.69. The number of benzene rings is 21. The average Bonchev–Trinajstić information content (AvgIpc) is 1.59. The van der Waals surface area contributed by atoms with Crippen LogP contribution in [0.2, 0.25) is 10.0 Å². The fourth-order valence-electron chi connectivity index (χ4n) is 18.1. The van der Waals surface area contributed by atoms with Gasteiger partial charge in [-0.3, -0.25) is 0 Å². The van der Waals surface area contributed by atoms with Crippen LogP contribution in [0.15, 0.2) is 534 Å². The van der Waals surface area contributed by atoms with Crippen LogP contribution in [0.1, 0.15) is 0 Å². The molecule has 0 saturated heterocycles. The maximum absolute atomic E-state index is 6.17. The van der Waals surface area contributed by atoms with E-state index in [4.69, 9.17) is 23.2 Å². The van der Waals surface area contributed by atoms with E-state index in [1.807, 2.05) is 54.6 Å². The van der Waals surface area contributed by atoms with Gasteiger partial charge in [-0.25, -0.2) is 0 Å². The fraction of sp³-hybridized carbons (Fsp3) is 0. The van der Waals surface area contributed by atoms with E-state index < -0.39 is 0 Å². The van der Waals surface area contributed by atoms with Crippen molar-refractivity contribution in [1.82, 2.24) is 9.13 Å². The van der Waals surface area contributed by atoms with Crippen molar-refractivity contribution in [2.45, 2.75) is 0 Å². The molecular weight excluding hydrogens is 1650 g/mol. The molecule has 0 unspecified atom stereocenters. The van der Waals surface area contributed by atoms with Gasteiger partial charge in [-0.05, 0) is 294 Å². The molecule has 23 aromatic rings. The number of nitrogens with zero attached hydrogens (tertiary/aromatic N) is 4. The van der Waals surface area contributed by atoms with Crippen molar-refractivity contribution in [2.24, 2.45) is 0 Å². The quantitative estimate of drug-likeness (QED) is 0.0875. The molecule has 5 nitrogen and oxygen atoms in total. The summed E-state index contributed by atoms with van der Waals surface area (Å²) in [5.41, 5.74) is 37.1.